The minimum atomic E-state index is -0.263. The molecule has 3 aromatic carbocycles. The van der Waals surface area contributed by atoms with E-state index in [2.05, 4.69) is 36.1 Å². The second-order valence-corrected chi connectivity index (χ2v) is 8.74. The number of halogens is 3. The second-order valence-electron chi connectivity index (χ2n) is 8.74. The summed E-state index contributed by atoms with van der Waals surface area (Å²) >= 11 is 0. The average Bonchev–Trinajstić information content (AvgIpc) is 3.20. The van der Waals surface area contributed by atoms with E-state index in [9.17, 15) is 8.78 Å². The maximum absolute atomic E-state index is 13.4. The zero-order valence-corrected chi connectivity index (χ0v) is 19.9. The fourth-order valence-electron chi connectivity index (χ4n) is 4.53. The smallest absolute Gasteiger partial charge is 0.123 e. The van der Waals surface area contributed by atoms with Crippen LogP contribution in [-0.2, 0) is 5.41 Å². The second kappa shape index (κ2) is 11.0. The van der Waals surface area contributed by atoms with Crippen molar-refractivity contribution in [1.29, 1.82) is 0 Å². The van der Waals surface area contributed by atoms with E-state index in [-0.39, 0.29) is 29.5 Å². The quantitative estimate of drug-likeness (QED) is 0.374. The third-order valence-electron chi connectivity index (χ3n) is 6.42. The van der Waals surface area contributed by atoms with E-state index in [0.29, 0.717) is 0 Å². The number of ether oxygens (including phenoxy) is 1. The van der Waals surface area contributed by atoms with Crippen LogP contribution < -0.4 is 4.74 Å². The predicted octanol–water partition coefficient (Wildman–Crippen LogP) is 6.88. The summed E-state index contributed by atoms with van der Waals surface area (Å²) in [4.78, 5) is 2.49. The summed E-state index contributed by atoms with van der Waals surface area (Å²) in [5.74, 6) is 0.371. The van der Waals surface area contributed by atoms with Crippen LogP contribution >= 0.6 is 12.4 Å². The van der Waals surface area contributed by atoms with Gasteiger partial charge >= 0.3 is 0 Å². The van der Waals surface area contributed by atoms with Gasteiger partial charge < -0.3 is 9.64 Å². The van der Waals surface area contributed by atoms with Crippen molar-refractivity contribution in [3.05, 3.63) is 107 Å². The van der Waals surface area contributed by atoms with E-state index in [4.69, 9.17) is 4.74 Å². The Kier molecular flexibility index (Phi) is 8.28. The van der Waals surface area contributed by atoms with Crippen LogP contribution in [0.1, 0.15) is 36.5 Å². The van der Waals surface area contributed by atoms with E-state index in [1.807, 2.05) is 6.07 Å². The molecule has 0 aliphatic carbocycles. The van der Waals surface area contributed by atoms with Gasteiger partial charge in [-0.25, -0.2) is 8.78 Å². The summed E-state index contributed by atoms with van der Waals surface area (Å²) < 4.78 is 32.3. The molecular formula is C28H30ClF2NO. The summed E-state index contributed by atoms with van der Waals surface area (Å²) in [6.45, 7) is 5.30. The molecule has 1 fully saturated rings. The van der Waals surface area contributed by atoms with Gasteiger partial charge in [-0.2, -0.15) is 0 Å². The van der Waals surface area contributed by atoms with Crippen molar-refractivity contribution < 1.29 is 13.5 Å². The number of benzene rings is 3. The van der Waals surface area contributed by atoms with Gasteiger partial charge in [0, 0.05) is 18.5 Å². The van der Waals surface area contributed by atoms with E-state index in [1.54, 1.807) is 31.4 Å². The van der Waals surface area contributed by atoms with Gasteiger partial charge in [-0.3, -0.25) is 0 Å². The molecular weight excluding hydrogens is 440 g/mol. The molecule has 0 amide bonds. The molecule has 1 saturated heterocycles. The minimum Gasteiger partial charge on any atom is -0.497 e. The van der Waals surface area contributed by atoms with Crippen LogP contribution in [0.3, 0.4) is 0 Å². The molecule has 1 unspecified atom stereocenters. The van der Waals surface area contributed by atoms with Crippen LogP contribution in [0, 0.1) is 11.6 Å². The van der Waals surface area contributed by atoms with Gasteiger partial charge in [0.15, 0.2) is 0 Å². The average molecular weight is 470 g/mol. The minimum absolute atomic E-state index is 0. The molecule has 4 rings (SSSR count). The van der Waals surface area contributed by atoms with Crippen LogP contribution in [0.25, 0.3) is 5.57 Å². The van der Waals surface area contributed by atoms with Crippen LogP contribution in [0.15, 0.2) is 78.9 Å². The van der Waals surface area contributed by atoms with Crippen LogP contribution in [0.5, 0.6) is 5.75 Å². The Balaban J connectivity index is 0.00000306. The molecule has 0 saturated carbocycles. The molecule has 174 valence electrons. The molecule has 0 bridgehead atoms. The van der Waals surface area contributed by atoms with Gasteiger partial charge in [0.2, 0.25) is 0 Å². The van der Waals surface area contributed by atoms with Gasteiger partial charge in [-0.15, -0.1) is 12.4 Å². The fourth-order valence-corrected chi connectivity index (χ4v) is 4.53. The van der Waals surface area contributed by atoms with Crippen molar-refractivity contribution in [2.24, 2.45) is 0 Å². The maximum atomic E-state index is 13.4. The van der Waals surface area contributed by atoms with Gasteiger partial charge in [0.1, 0.15) is 17.4 Å². The zero-order valence-electron chi connectivity index (χ0n) is 19.1. The normalized spacial score (nSPS) is 17.9. The Morgan fingerprint density at radius 2 is 1.58 bits per heavy atom. The number of hydrogen-bond acceptors (Lipinski definition) is 2. The summed E-state index contributed by atoms with van der Waals surface area (Å²) in [7, 11) is 1.70. The van der Waals surface area contributed by atoms with E-state index >= 15 is 0 Å². The summed E-state index contributed by atoms with van der Waals surface area (Å²) in [5.41, 5.74) is 4.28. The standard InChI is InChI=1S/C28H29F2NO.ClH/c1-28(23-5-3-6-26(19-23)32-2)16-18-31(20-28)17-4-7-27(21-8-12-24(29)13-9-21)22-10-14-25(30)15-11-22;/h3,5-15,19H,4,16-18,20H2,1-2H3;1H. The lowest BCUT2D eigenvalue weighted by Gasteiger charge is -2.25. The molecule has 1 aliphatic heterocycles. The first-order valence-corrected chi connectivity index (χ1v) is 11.1. The first kappa shape index (κ1) is 24.9. The van der Waals surface area contributed by atoms with Crippen molar-refractivity contribution in [2.75, 3.05) is 26.7 Å². The number of hydrogen-bond donors (Lipinski definition) is 0. The van der Waals surface area contributed by atoms with E-state index < -0.39 is 0 Å². The van der Waals surface area contributed by atoms with Gasteiger partial charge in [-0.1, -0.05) is 49.4 Å². The van der Waals surface area contributed by atoms with Crippen LogP contribution in [0.2, 0.25) is 0 Å². The van der Waals surface area contributed by atoms with Gasteiger partial charge in [-0.05, 0) is 78.0 Å². The Hall–Kier alpha value is -2.69. The molecule has 1 aliphatic rings. The Morgan fingerprint density at radius 3 is 2.15 bits per heavy atom. The Bertz CT molecular complexity index is 1030. The van der Waals surface area contributed by atoms with E-state index in [1.165, 1.54) is 29.8 Å². The first-order chi connectivity index (χ1) is 15.5. The number of likely N-dealkylation sites (tertiary alicyclic amines) is 1. The number of rotatable bonds is 7. The molecule has 0 N–H and O–H groups in total. The van der Waals surface area contributed by atoms with Crippen molar-refractivity contribution in [3.63, 3.8) is 0 Å². The topological polar surface area (TPSA) is 12.5 Å². The molecule has 3 aromatic rings. The Morgan fingerprint density at radius 1 is 0.970 bits per heavy atom. The monoisotopic (exact) mass is 469 g/mol. The number of nitrogens with zero attached hydrogens (tertiary/aromatic N) is 1. The summed E-state index contributed by atoms with van der Waals surface area (Å²) in [6.07, 6.45) is 4.15. The molecule has 2 nitrogen and oxygen atoms in total. The Labute approximate surface area is 201 Å². The zero-order chi connectivity index (χ0) is 22.6. The fraction of sp³-hybridized carbons (Fsp3) is 0.286. The van der Waals surface area contributed by atoms with Gasteiger partial charge in [0.05, 0.1) is 7.11 Å². The SMILES string of the molecule is COc1cccc(C2(C)CCN(CCC=C(c3ccc(F)cc3)c3ccc(F)cc3)C2)c1.Cl. The highest BCUT2D eigenvalue weighted by Crippen LogP contribution is 2.35. The largest absolute Gasteiger partial charge is 0.497 e. The highest BCUT2D eigenvalue weighted by atomic mass is 35.5. The van der Waals surface area contributed by atoms with Crippen molar-refractivity contribution in [2.45, 2.75) is 25.2 Å². The summed E-state index contributed by atoms with van der Waals surface area (Å²) in [5, 5.41) is 0. The lowest BCUT2D eigenvalue weighted by molar-refractivity contribution is 0.322. The van der Waals surface area contributed by atoms with Crippen LogP contribution in [-0.4, -0.2) is 31.6 Å². The highest BCUT2D eigenvalue weighted by Gasteiger charge is 2.35. The van der Waals surface area contributed by atoms with Crippen molar-refractivity contribution in [3.8, 4) is 5.75 Å². The summed E-state index contributed by atoms with van der Waals surface area (Å²) in [6, 6.07) is 21.3. The molecule has 1 atom stereocenters. The van der Waals surface area contributed by atoms with Crippen LogP contribution in [0.4, 0.5) is 8.78 Å². The van der Waals surface area contributed by atoms with Gasteiger partial charge in [0.25, 0.3) is 0 Å². The lowest BCUT2D eigenvalue weighted by Crippen LogP contribution is -2.28. The maximum Gasteiger partial charge on any atom is 0.123 e. The third kappa shape index (κ3) is 6.01. The highest BCUT2D eigenvalue weighted by molar-refractivity contribution is 5.85. The number of methoxy groups -OCH3 is 1. The molecule has 5 heteroatoms. The van der Waals surface area contributed by atoms with E-state index in [0.717, 1.165) is 54.9 Å². The van der Waals surface area contributed by atoms with Crippen molar-refractivity contribution in [1.82, 2.24) is 4.90 Å². The molecule has 0 aromatic heterocycles. The molecule has 33 heavy (non-hydrogen) atoms. The molecule has 0 radical (unpaired) electrons. The lowest BCUT2D eigenvalue weighted by atomic mass is 9.82. The molecule has 0 spiro atoms. The molecule has 1 heterocycles. The van der Waals surface area contributed by atoms with Crippen molar-refractivity contribution >= 4 is 18.0 Å². The first-order valence-electron chi connectivity index (χ1n) is 11.1. The third-order valence-corrected chi connectivity index (χ3v) is 6.42. The predicted molar refractivity (Wildman–Crippen MR) is 133 cm³/mol.